The summed E-state index contributed by atoms with van der Waals surface area (Å²) in [6.45, 7) is 1.95. The summed E-state index contributed by atoms with van der Waals surface area (Å²) >= 11 is 0. The van der Waals surface area contributed by atoms with Crippen molar-refractivity contribution < 1.29 is 14.3 Å². The Morgan fingerprint density at radius 2 is 2.00 bits per heavy atom. The molecule has 0 unspecified atom stereocenters. The average molecular weight is 261 g/mol. The fraction of sp³-hybridized carbons (Fsp3) is 0.286. The van der Waals surface area contributed by atoms with E-state index in [1.54, 1.807) is 36.7 Å². The van der Waals surface area contributed by atoms with E-state index in [-0.39, 0.29) is 23.5 Å². The maximum Gasteiger partial charge on any atom is 0.359 e. The van der Waals surface area contributed by atoms with Crippen molar-refractivity contribution in [1.82, 2.24) is 4.57 Å². The van der Waals surface area contributed by atoms with Crippen LogP contribution in [0.5, 0.6) is 5.75 Å². The molecule has 0 bridgehead atoms. The largest absolute Gasteiger partial charge is 0.491 e. The summed E-state index contributed by atoms with van der Waals surface area (Å²) in [5.41, 5.74) is 0.489. The molecular weight excluding hydrogens is 246 g/mol. The number of pyridine rings is 1. The van der Waals surface area contributed by atoms with Crippen molar-refractivity contribution in [2.75, 3.05) is 13.7 Å². The van der Waals surface area contributed by atoms with E-state index in [0.717, 1.165) is 0 Å². The number of hydrogen-bond acceptors (Lipinski definition) is 4. The fourth-order valence-electron chi connectivity index (χ4n) is 2.08. The molecule has 0 aliphatic rings. The highest BCUT2D eigenvalue weighted by atomic mass is 16.5. The first-order valence-electron chi connectivity index (χ1n) is 5.94. The van der Waals surface area contributed by atoms with Gasteiger partial charge in [-0.15, -0.1) is 0 Å². The van der Waals surface area contributed by atoms with Gasteiger partial charge in [0, 0.05) is 12.4 Å². The molecule has 0 N–H and O–H groups in total. The number of methoxy groups -OCH3 is 1. The zero-order chi connectivity index (χ0) is 14.0. The van der Waals surface area contributed by atoms with Crippen molar-refractivity contribution in [3.63, 3.8) is 0 Å². The van der Waals surface area contributed by atoms with E-state index in [4.69, 9.17) is 9.47 Å². The van der Waals surface area contributed by atoms with Gasteiger partial charge < -0.3 is 14.0 Å². The van der Waals surface area contributed by atoms with E-state index in [1.807, 2.05) is 6.07 Å². The summed E-state index contributed by atoms with van der Waals surface area (Å²) in [5.74, 6) is -0.552. The number of rotatable bonds is 3. The number of carbonyl (C=O) groups is 1. The van der Waals surface area contributed by atoms with Gasteiger partial charge in [0.1, 0.15) is 0 Å². The lowest BCUT2D eigenvalue weighted by Gasteiger charge is -2.14. The Morgan fingerprint density at radius 3 is 2.63 bits per heavy atom. The Labute approximate surface area is 110 Å². The SMILES string of the molecule is CCOC(=O)c1c(OC)c(=O)c2ccccc2n1C. The molecule has 5 heteroatoms. The van der Waals surface area contributed by atoms with Gasteiger partial charge in [0.15, 0.2) is 11.4 Å². The highest BCUT2D eigenvalue weighted by Crippen LogP contribution is 2.20. The molecule has 0 aliphatic carbocycles. The lowest BCUT2D eigenvalue weighted by Crippen LogP contribution is -2.21. The second-order valence-electron chi connectivity index (χ2n) is 4.01. The highest BCUT2D eigenvalue weighted by molar-refractivity contribution is 5.95. The normalized spacial score (nSPS) is 10.5. The molecule has 19 heavy (non-hydrogen) atoms. The van der Waals surface area contributed by atoms with Crippen LogP contribution in [0.4, 0.5) is 0 Å². The van der Waals surface area contributed by atoms with Crippen molar-refractivity contribution in [2.45, 2.75) is 6.92 Å². The number of carbonyl (C=O) groups excluding carboxylic acids is 1. The van der Waals surface area contributed by atoms with Crippen LogP contribution in [-0.2, 0) is 11.8 Å². The summed E-state index contributed by atoms with van der Waals surface area (Å²) in [7, 11) is 3.07. The molecule has 1 aromatic carbocycles. The monoisotopic (exact) mass is 261 g/mol. The van der Waals surface area contributed by atoms with Gasteiger partial charge in [-0.25, -0.2) is 4.79 Å². The fourth-order valence-corrected chi connectivity index (χ4v) is 2.08. The number of para-hydroxylation sites is 1. The Morgan fingerprint density at radius 1 is 1.32 bits per heavy atom. The van der Waals surface area contributed by atoms with Gasteiger partial charge in [-0.2, -0.15) is 0 Å². The quantitative estimate of drug-likeness (QED) is 0.789. The lowest BCUT2D eigenvalue weighted by atomic mass is 10.1. The standard InChI is InChI=1S/C14H15NO4/c1-4-19-14(17)11-13(18-3)12(16)9-7-5-6-8-10(9)15(11)2/h5-8H,4H2,1-3H3. The van der Waals surface area contributed by atoms with Crippen molar-refractivity contribution in [2.24, 2.45) is 7.05 Å². The smallest absolute Gasteiger partial charge is 0.359 e. The van der Waals surface area contributed by atoms with Crippen molar-refractivity contribution in [3.8, 4) is 5.75 Å². The molecule has 5 nitrogen and oxygen atoms in total. The molecule has 2 aromatic rings. The Bertz CT molecular complexity index is 688. The molecule has 1 heterocycles. The van der Waals surface area contributed by atoms with E-state index in [9.17, 15) is 9.59 Å². The minimum Gasteiger partial charge on any atom is -0.491 e. The van der Waals surface area contributed by atoms with Crippen molar-refractivity contribution in [1.29, 1.82) is 0 Å². The van der Waals surface area contributed by atoms with Gasteiger partial charge in [-0.3, -0.25) is 4.79 Å². The highest BCUT2D eigenvalue weighted by Gasteiger charge is 2.22. The van der Waals surface area contributed by atoms with Gasteiger partial charge in [-0.05, 0) is 19.1 Å². The number of aromatic nitrogens is 1. The third-order valence-electron chi connectivity index (χ3n) is 2.94. The van der Waals surface area contributed by atoms with Gasteiger partial charge in [0.05, 0.1) is 19.2 Å². The van der Waals surface area contributed by atoms with Crippen LogP contribution in [0.3, 0.4) is 0 Å². The molecule has 0 amide bonds. The number of fused-ring (bicyclic) bond motifs is 1. The topological polar surface area (TPSA) is 57.5 Å². The molecular formula is C14H15NO4. The van der Waals surface area contributed by atoms with Gasteiger partial charge in [0.25, 0.3) is 0 Å². The second kappa shape index (κ2) is 5.14. The molecule has 1 aromatic heterocycles. The predicted octanol–water partition coefficient (Wildman–Crippen LogP) is 1.72. The zero-order valence-corrected chi connectivity index (χ0v) is 11.1. The van der Waals surface area contributed by atoms with Crippen LogP contribution in [0.1, 0.15) is 17.4 Å². The van der Waals surface area contributed by atoms with E-state index in [1.165, 1.54) is 7.11 Å². The van der Waals surface area contributed by atoms with E-state index >= 15 is 0 Å². The van der Waals surface area contributed by atoms with Crippen LogP contribution in [0.25, 0.3) is 10.9 Å². The Kier molecular flexibility index (Phi) is 3.55. The Balaban J connectivity index is 2.86. The van der Waals surface area contributed by atoms with E-state index in [2.05, 4.69) is 0 Å². The van der Waals surface area contributed by atoms with Gasteiger partial charge in [0.2, 0.25) is 5.43 Å². The number of aryl methyl sites for hydroxylation is 1. The molecule has 0 fully saturated rings. The van der Waals surface area contributed by atoms with Gasteiger partial charge in [-0.1, -0.05) is 12.1 Å². The van der Waals surface area contributed by atoms with Crippen molar-refractivity contribution in [3.05, 3.63) is 40.2 Å². The van der Waals surface area contributed by atoms with Crippen LogP contribution in [-0.4, -0.2) is 24.3 Å². The summed E-state index contributed by atoms with van der Waals surface area (Å²) < 4.78 is 11.7. The zero-order valence-electron chi connectivity index (χ0n) is 11.1. The number of esters is 1. The molecule has 0 atom stereocenters. The first-order valence-corrected chi connectivity index (χ1v) is 5.94. The molecule has 0 spiro atoms. The lowest BCUT2D eigenvalue weighted by molar-refractivity contribution is 0.0510. The summed E-state index contributed by atoms with van der Waals surface area (Å²) in [4.78, 5) is 24.3. The molecule has 0 aliphatic heterocycles. The second-order valence-corrected chi connectivity index (χ2v) is 4.01. The summed E-state index contributed by atoms with van der Waals surface area (Å²) in [6.07, 6.45) is 0. The molecule has 2 rings (SSSR count). The number of benzene rings is 1. The van der Waals surface area contributed by atoms with Gasteiger partial charge >= 0.3 is 5.97 Å². The third kappa shape index (κ3) is 2.07. The number of hydrogen-bond donors (Lipinski definition) is 0. The Hall–Kier alpha value is -2.30. The minimum absolute atomic E-state index is 0.0136. The van der Waals surface area contributed by atoms with E-state index in [0.29, 0.717) is 10.9 Å². The molecule has 0 radical (unpaired) electrons. The predicted molar refractivity (Wildman–Crippen MR) is 71.7 cm³/mol. The first kappa shape index (κ1) is 13.1. The third-order valence-corrected chi connectivity index (χ3v) is 2.94. The minimum atomic E-state index is -0.565. The maximum absolute atomic E-state index is 12.3. The molecule has 0 saturated heterocycles. The molecule has 100 valence electrons. The van der Waals surface area contributed by atoms with E-state index < -0.39 is 5.97 Å². The summed E-state index contributed by atoms with van der Waals surface area (Å²) in [5, 5.41) is 0.509. The summed E-state index contributed by atoms with van der Waals surface area (Å²) in [6, 6.07) is 7.06. The number of nitrogens with zero attached hydrogens (tertiary/aromatic N) is 1. The van der Waals surface area contributed by atoms with Crippen molar-refractivity contribution >= 4 is 16.9 Å². The maximum atomic E-state index is 12.3. The van der Waals surface area contributed by atoms with Crippen LogP contribution in [0.15, 0.2) is 29.1 Å². The van der Waals surface area contributed by atoms with Crippen LogP contribution < -0.4 is 10.2 Å². The van der Waals surface area contributed by atoms with Crippen LogP contribution >= 0.6 is 0 Å². The van der Waals surface area contributed by atoms with Crippen LogP contribution in [0.2, 0.25) is 0 Å². The van der Waals surface area contributed by atoms with Crippen LogP contribution in [0, 0.1) is 0 Å². The molecule has 0 saturated carbocycles. The average Bonchev–Trinajstić information content (AvgIpc) is 2.42. The number of ether oxygens (including phenoxy) is 2. The first-order chi connectivity index (χ1) is 9.11.